The molecule has 0 saturated carbocycles. The Bertz CT molecular complexity index is 302. The molecule has 0 bridgehead atoms. The van der Waals surface area contributed by atoms with Gasteiger partial charge in [0.15, 0.2) is 6.20 Å². The molecule has 0 aliphatic carbocycles. The van der Waals surface area contributed by atoms with Crippen molar-refractivity contribution < 1.29 is 9.65 Å². The normalized spacial score (nSPS) is 9.55. The van der Waals surface area contributed by atoms with Crippen molar-refractivity contribution in [3.63, 3.8) is 0 Å². The number of halogens is 1. The molecule has 1 aromatic heterocycles. The quantitative estimate of drug-likeness (QED) is 0.232. The number of nitro groups is 1. The topological polar surface area (TPSA) is 70.1 Å². The number of aromatic nitrogens is 1. The summed E-state index contributed by atoms with van der Waals surface area (Å²) in [5, 5.41) is 20.8. The maximum absolute atomic E-state index is 10.6. The summed E-state index contributed by atoms with van der Waals surface area (Å²) in [5.41, 5.74) is -0.107. The maximum atomic E-state index is 10.6. The van der Waals surface area contributed by atoms with Crippen LogP contribution in [0.4, 0.5) is 5.69 Å². The smallest absolute Gasteiger partial charge is 0.282 e. The van der Waals surface area contributed by atoms with Gasteiger partial charge in [0.2, 0.25) is 0 Å². The van der Waals surface area contributed by atoms with Crippen molar-refractivity contribution in [2.45, 2.75) is 0 Å². The lowest BCUT2D eigenvalue weighted by Crippen LogP contribution is -2.26. The van der Waals surface area contributed by atoms with Crippen LogP contribution >= 0.6 is 15.9 Å². The van der Waals surface area contributed by atoms with Crippen molar-refractivity contribution >= 4 is 21.6 Å². The molecule has 0 saturated heterocycles. The molecular formula is C5H3BrN2O3. The van der Waals surface area contributed by atoms with Crippen molar-refractivity contribution in [2.75, 3.05) is 0 Å². The highest BCUT2D eigenvalue weighted by Crippen LogP contribution is 2.12. The molecule has 11 heavy (non-hydrogen) atoms. The maximum Gasteiger partial charge on any atom is 0.282 e. The zero-order valence-corrected chi connectivity index (χ0v) is 6.82. The molecule has 5 nitrogen and oxygen atoms in total. The number of pyridine rings is 1. The average molecular weight is 219 g/mol. The Labute approximate surface area is 70.1 Å². The Balaban J connectivity index is 3.15. The molecule has 0 aliphatic heterocycles. The molecule has 0 aliphatic rings. The third-order valence-corrected chi connectivity index (χ3v) is 1.65. The van der Waals surface area contributed by atoms with E-state index in [1.165, 1.54) is 0 Å². The number of hydrogen-bond donors (Lipinski definition) is 0. The Kier molecular flexibility index (Phi) is 2.04. The summed E-state index contributed by atoms with van der Waals surface area (Å²) in [6.45, 7) is 0. The van der Waals surface area contributed by atoms with Gasteiger partial charge >= 0.3 is 0 Å². The molecule has 0 unspecified atom stereocenters. The molecule has 0 amide bonds. The van der Waals surface area contributed by atoms with Gasteiger partial charge in [0.25, 0.3) is 10.3 Å². The highest BCUT2D eigenvalue weighted by Gasteiger charge is 2.10. The van der Waals surface area contributed by atoms with Gasteiger partial charge in [-0.25, -0.2) is 0 Å². The molecule has 0 N–H and O–H groups in total. The van der Waals surface area contributed by atoms with Crippen molar-refractivity contribution in [1.29, 1.82) is 0 Å². The van der Waals surface area contributed by atoms with E-state index in [9.17, 15) is 15.3 Å². The Morgan fingerprint density at radius 2 is 2.27 bits per heavy atom. The van der Waals surface area contributed by atoms with E-state index in [1.54, 1.807) is 0 Å². The van der Waals surface area contributed by atoms with Gasteiger partial charge in [-0.2, -0.15) is 4.73 Å². The van der Waals surface area contributed by atoms with Crippen LogP contribution in [-0.2, 0) is 0 Å². The van der Waals surface area contributed by atoms with Crippen LogP contribution in [0.2, 0.25) is 0 Å². The highest BCUT2D eigenvalue weighted by molar-refractivity contribution is 9.10. The zero-order valence-electron chi connectivity index (χ0n) is 5.23. The third-order valence-electron chi connectivity index (χ3n) is 1.07. The second kappa shape index (κ2) is 2.83. The second-order valence-corrected chi connectivity index (χ2v) is 2.60. The summed E-state index contributed by atoms with van der Waals surface area (Å²) in [7, 11) is 0. The molecule has 0 fully saturated rings. The first-order chi connectivity index (χ1) is 5.11. The van der Waals surface area contributed by atoms with Gasteiger partial charge in [0, 0.05) is 15.9 Å². The van der Waals surface area contributed by atoms with Crippen LogP contribution in [0.5, 0.6) is 0 Å². The van der Waals surface area contributed by atoms with E-state index in [2.05, 4.69) is 15.9 Å². The van der Waals surface area contributed by atoms with E-state index in [0.29, 0.717) is 4.73 Å². The van der Waals surface area contributed by atoms with E-state index in [0.717, 1.165) is 18.3 Å². The molecular weight excluding hydrogens is 216 g/mol. The van der Waals surface area contributed by atoms with Crippen molar-refractivity contribution in [2.24, 2.45) is 0 Å². The van der Waals surface area contributed by atoms with Crippen molar-refractivity contribution in [1.82, 2.24) is 0 Å². The molecule has 0 atom stereocenters. The summed E-state index contributed by atoms with van der Waals surface area (Å²) in [4.78, 5) is 9.57. The Hall–Kier alpha value is -1.17. The number of nitrogens with zero attached hydrogens (tertiary/aromatic N) is 2. The van der Waals surface area contributed by atoms with Crippen LogP contribution < -0.4 is 4.73 Å². The molecule has 0 radical (unpaired) electrons. The van der Waals surface area contributed by atoms with E-state index in [-0.39, 0.29) is 10.3 Å². The summed E-state index contributed by atoms with van der Waals surface area (Å²) in [5.74, 6) is 0. The number of hydrogen-bond acceptors (Lipinski definition) is 3. The first-order valence-electron chi connectivity index (χ1n) is 2.64. The van der Waals surface area contributed by atoms with Crippen LogP contribution in [0.1, 0.15) is 0 Å². The fraction of sp³-hybridized carbons (Fsp3) is 0. The Morgan fingerprint density at radius 3 is 2.73 bits per heavy atom. The van der Waals surface area contributed by atoms with Crippen LogP contribution in [0.15, 0.2) is 22.9 Å². The lowest BCUT2D eigenvalue weighted by atomic mass is 10.4. The highest BCUT2D eigenvalue weighted by atomic mass is 79.9. The predicted molar refractivity (Wildman–Crippen MR) is 39.8 cm³/mol. The fourth-order valence-electron chi connectivity index (χ4n) is 0.563. The first kappa shape index (κ1) is 7.93. The van der Waals surface area contributed by atoms with Gasteiger partial charge in [-0.15, -0.1) is 0 Å². The van der Waals surface area contributed by atoms with Gasteiger partial charge in [0.1, 0.15) is 0 Å². The third kappa shape index (κ3) is 1.64. The molecule has 1 aromatic rings. The summed E-state index contributed by atoms with van der Waals surface area (Å²) in [6, 6.07) is 2.28. The van der Waals surface area contributed by atoms with Gasteiger partial charge in [-0.05, 0) is 0 Å². The monoisotopic (exact) mass is 218 g/mol. The van der Waals surface area contributed by atoms with Crippen molar-refractivity contribution in [3.8, 4) is 0 Å². The minimum Gasteiger partial charge on any atom is -0.618 e. The molecule has 0 aromatic carbocycles. The minimum absolute atomic E-state index is 0.107. The van der Waals surface area contributed by atoms with E-state index in [1.807, 2.05) is 0 Å². The van der Waals surface area contributed by atoms with E-state index in [4.69, 9.17) is 0 Å². The molecule has 58 valence electrons. The Morgan fingerprint density at radius 1 is 1.64 bits per heavy atom. The average Bonchev–Trinajstić information content (AvgIpc) is 1.94. The molecule has 6 heteroatoms. The van der Waals surface area contributed by atoms with Gasteiger partial charge in [-0.1, -0.05) is 0 Å². The predicted octanol–water partition coefficient (Wildman–Crippen LogP) is 0.991. The van der Waals surface area contributed by atoms with Crippen LogP contribution in [0.3, 0.4) is 0 Å². The van der Waals surface area contributed by atoms with Gasteiger partial charge in [-0.3, -0.25) is 10.1 Å². The number of rotatable bonds is 1. The van der Waals surface area contributed by atoms with Crippen LogP contribution in [0, 0.1) is 15.3 Å². The lowest BCUT2D eigenvalue weighted by Gasteiger charge is -1.96. The summed E-state index contributed by atoms with van der Waals surface area (Å²) < 4.78 is 0.624. The zero-order chi connectivity index (χ0) is 8.43. The fourth-order valence-corrected chi connectivity index (χ4v) is 0.915. The van der Waals surface area contributed by atoms with Crippen molar-refractivity contribution in [3.05, 3.63) is 38.3 Å². The molecule has 1 rings (SSSR count). The molecule has 0 spiro atoms. The van der Waals surface area contributed by atoms with E-state index >= 15 is 0 Å². The minimum atomic E-state index is -0.565. The van der Waals surface area contributed by atoms with E-state index < -0.39 is 4.92 Å². The lowest BCUT2D eigenvalue weighted by molar-refractivity contribution is -0.617. The van der Waals surface area contributed by atoms with Crippen LogP contribution in [-0.4, -0.2) is 4.92 Å². The standard InChI is InChI=1S/C5H3BrN2O3/c6-5-3-4(8(10)11)1-2-7(5)9/h1-3H. The molecule has 1 heterocycles. The SMILES string of the molecule is O=[N+]([O-])c1cc[n+]([O-])c(Br)c1. The summed E-state index contributed by atoms with van der Waals surface area (Å²) in [6.07, 6.45) is 1.07. The largest absolute Gasteiger partial charge is 0.618 e. The summed E-state index contributed by atoms with van der Waals surface area (Å²) >= 11 is 2.86. The van der Waals surface area contributed by atoms with Gasteiger partial charge < -0.3 is 5.21 Å². The first-order valence-corrected chi connectivity index (χ1v) is 3.43. The second-order valence-electron chi connectivity index (χ2n) is 1.79. The van der Waals surface area contributed by atoms with Gasteiger partial charge in [0.05, 0.1) is 17.1 Å². The van der Waals surface area contributed by atoms with Crippen LogP contribution in [0.25, 0.3) is 0 Å².